The topological polar surface area (TPSA) is 75.1 Å². The molecule has 0 amide bonds. The summed E-state index contributed by atoms with van der Waals surface area (Å²) < 4.78 is 65.5. The van der Waals surface area contributed by atoms with Crippen molar-refractivity contribution in [2.45, 2.75) is 0 Å². The van der Waals surface area contributed by atoms with Gasteiger partial charge in [-0.3, -0.25) is 0 Å². The SMILES string of the molecule is O=C(O)c1ccc(Nc2c(F)c(F)c(F)c(F)c2F)nn1. The number of hydrogen-bond acceptors (Lipinski definition) is 4. The Morgan fingerprint density at radius 3 is 1.86 bits per heavy atom. The first-order valence-corrected chi connectivity index (χ1v) is 5.18. The molecular weight excluding hydrogens is 301 g/mol. The van der Waals surface area contributed by atoms with Gasteiger partial charge in [-0.15, -0.1) is 10.2 Å². The van der Waals surface area contributed by atoms with Gasteiger partial charge in [-0.1, -0.05) is 0 Å². The van der Waals surface area contributed by atoms with Crippen LogP contribution >= 0.6 is 0 Å². The molecule has 0 aliphatic carbocycles. The van der Waals surface area contributed by atoms with E-state index in [1.807, 2.05) is 5.32 Å². The summed E-state index contributed by atoms with van der Waals surface area (Å²) in [7, 11) is 0. The molecule has 5 nitrogen and oxygen atoms in total. The van der Waals surface area contributed by atoms with E-state index in [-0.39, 0.29) is 0 Å². The number of carboxylic acids is 1. The molecule has 0 atom stereocenters. The van der Waals surface area contributed by atoms with Gasteiger partial charge in [0.1, 0.15) is 5.69 Å². The van der Waals surface area contributed by atoms with E-state index in [4.69, 9.17) is 5.11 Å². The zero-order valence-corrected chi connectivity index (χ0v) is 9.79. The van der Waals surface area contributed by atoms with Crippen LogP contribution < -0.4 is 5.32 Å². The third-order valence-electron chi connectivity index (χ3n) is 2.35. The third-order valence-corrected chi connectivity index (χ3v) is 2.35. The first kappa shape index (κ1) is 14.6. The molecule has 110 valence electrons. The van der Waals surface area contributed by atoms with E-state index in [1.54, 1.807) is 0 Å². The normalized spacial score (nSPS) is 10.5. The summed E-state index contributed by atoms with van der Waals surface area (Å²) in [6.07, 6.45) is 0. The molecule has 0 saturated carbocycles. The Morgan fingerprint density at radius 2 is 1.43 bits per heavy atom. The highest BCUT2D eigenvalue weighted by molar-refractivity contribution is 5.85. The van der Waals surface area contributed by atoms with Crippen LogP contribution in [0.5, 0.6) is 0 Å². The molecule has 0 radical (unpaired) electrons. The Balaban J connectivity index is 2.42. The summed E-state index contributed by atoms with van der Waals surface area (Å²) in [4.78, 5) is 10.5. The zero-order valence-electron chi connectivity index (χ0n) is 9.79. The Morgan fingerprint density at radius 1 is 0.905 bits per heavy atom. The summed E-state index contributed by atoms with van der Waals surface area (Å²) in [5.74, 6) is -12.5. The number of nitrogens with one attached hydrogen (secondary N) is 1. The van der Waals surface area contributed by atoms with Gasteiger partial charge in [-0.05, 0) is 12.1 Å². The average Bonchev–Trinajstić information content (AvgIpc) is 2.48. The third kappa shape index (κ3) is 2.59. The predicted molar refractivity (Wildman–Crippen MR) is 58.5 cm³/mol. The van der Waals surface area contributed by atoms with Crippen LogP contribution in [-0.2, 0) is 0 Å². The quantitative estimate of drug-likeness (QED) is 0.518. The van der Waals surface area contributed by atoms with Crippen molar-refractivity contribution >= 4 is 17.5 Å². The van der Waals surface area contributed by atoms with Gasteiger partial charge in [-0.25, -0.2) is 26.7 Å². The maximum Gasteiger partial charge on any atom is 0.356 e. The van der Waals surface area contributed by atoms with E-state index in [2.05, 4.69) is 10.2 Å². The van der Waals surface area contributed by atoms with Crippen LogP contribution in [-0.4, -0.2) is 21.3 Å². The van der Waals surface area contributed by atoms with Crippen LogP contribution in [0.3, 0.4) is 0 Å². The zero-order chi connectivity index (χ0) is 15.7. The standard InChI is InChI=1S/C11H4F5N3O2/c12-5-6(13)8(15)10(9(16)7(5)14)17-4-2-1-3(11(20)21)18-19-4/h1-2H,(H,17,19)(H,20,21). The highest BCUT2D eigenvalue weighted by Crippen LogP contribution is 2.28. The highest BCUT2D eigenvalue weighted by Gasteiger charge is 2.26. The summed E-state index contributed by atoms with van der Waals surface area (Å²) in [6.45, 7) is 0. The van der Waals surface area contributed by atoms with Gasteiger partial charge in [0.25, 0.3) is 0 Å². The first-order valence-electron chi connectivity index (χ1n) is 5.18. The lowest BCUT2D eigenvalue weighted by Crippen LogP contribution is -2.09. The van der Waals surface area contributed by atoms with Crippen molar-refractivity contribution in [2.24, 2.45) is 0 Å². The van der Waals surface area contributed by atoms with Gasteiger partial charge in [0.15, 0.2) is 34.8 Å². The number of halogens is 5. The molecule has 0 bridgehead atoms. The van der Waals surface area contributed by atoms with Crippen molar-refractivity contribution < 1.29 is 31.9 Å². The number of nitrogens with zero attached hydrogens (tertiary/aromatic N) is 2. The second-order valence-corrected chi connectivity index (χ2v) is 3.68. The van der Waals surface area contributed by atoms with Crippen LogP contribution in [0, 0.1) is 29.1 Å². The van der Waals surface area contributed by atoms with Gasteiger partial charge in [0.05, 0.1) is 0 Å². The summed E-state index contributed by atoms with van der Waals surface area (Å²) in [5.41, 5.74) is -1.78. The lowest BCUT2D eigenvalue weighted by atomic mass is 10.2. The van der Waals surface area contributed by atoms with Crippen LogP contribution in [0.1, 0.15) is 10.5 Å². The molecule has 0 unspecified atom stereocenters. The minimum absolute atomic E-state index is 0.400. The fourth-order valence-electron chi connectivity index (χ4n) is 1.36. The first-order chi connectivity index (χ1) is 9.82. The minimum Gasteiger partial charge on any atom is -0.476 e. The molecule has 2 aromatic rings. The van der Waals surface area contributed by atoms with Crippen molar-refractivity contribution in [1.82, 2.24) is 10.2 Å². The van der Waals surface area contributed by atoms with Gasteiger partial charge in [-0.2, -0.15) is 0 Å². The molecule has 2 N–H and O–H groups in total. The van der Waals surface area contributed by atoms with Gasteiger partial charge < -0.3 is 10.4 Å². The van der Waals surface area contributed by atoms with Gasteiger partial charge >= 0.3 is 5.97 Å². The fourth-order valence-corrected chi connectivity index (χ4v) is 1.36. The molecule has 0 aliphatic rings. The average molecular weight is 305 g/mol. The van der Waals surface area contributed by atoms with E-state index < -0.39 is 52.3 Å². The molecule has 1 heterocycles. The molecule has 2 rings (SSSR count). The molecular formula is C11H4F5N3O2. The van der Waals surface area contributed by atoms with Crippen LogP contribution in [0.2, 0.25) is 0 Å². The van der Waals surface area contributed by atoms with Crippen molar-refractivity contribution in [3.8, 4) is 0 Å². The summed E-state index contributed by atoms with van der Waals surface area (Å²) >= 11 is 0. The number of hydrogen-bond donors (Lipinski definition) is 2. The second kappa shape index (κ2) is 5.31. The van der Waals surface area contributed by atoms with Crippen LogP contribution in [0.4, 0.5) is 33.5 Å². The molecule has 1 aromatic carbocycles. The highest BCUT2D eigenvalue weighted by atomic mass is 19.2. The predicted octanol–water partition coefficient (Wildman–Crippen LogP) is 2.61. The van der Waals surface area contributed by atoms with Gasteiger partial charge in [0, 0.05) is 0 Å². The van der Waals surface area contributed by atoms with E-state index >= 15 is 0 Å². The lowest BCUT2D eigenvalue weighted by Gasteiger charge is -2.09. The van der Waals surface area contributed by atoms with Crippen molar-refractivity contribution in [1.29, 1.82) is 0 Å². The Bertz CT molecular complexity index is 692. The van der Waals surface area contributed by atoms with Crippen LogP contribution in [0.25, 0.3) is 0 Å². The molecule has 21 heavy (non-hydrogen) atoms. The largest absolute Gasteiger partial charge is 0.476 e. The number of carbonyl (C=O) groups is 1. The van der Waals surface area contributed by atoms with E-state index in [9.17, 15) is 26.7 Å². The van der Waals surface area contributed by atoms with Crippen molar-refractivity contribution in [2.75, 3.05) is 5.32 Å². The number of aromatic carboxylic acids is 1. The smallest absolute Gasteiger partial charge is 0.356 e. The monoisotopic (exact) mass is 305 g/mol. The summed E-state index contributed by atoms with van der Waals surface area (Å²) in [5, 5.41) is 16.8. The number of anilines is 2. The Hall–Kier alpha value is -2.78. The fraction of sp³-hybridized carbons (Fsp3) is 0. The van der Waals surface area contributed by atoms with E-state index in [1.165, 1.54) is 0 Å². The Labute approximate surface area is 113 Å². The minimum atomic E-state index is -2.29. The van der Waals surface area contributed by atoms with Gasteiger partial charge in [0.2, 0.25) is 5.82 Å². The second-order valence-electron chi connectivity index (χ2n) is 3.68. The van der Waals surface area contributed by atoms with Crippen molar-refractivity contribution in [3.63, 3.8) is 0 Å². The van der Waals surface area contributed by atoms with E-state index in [0.29, 0.717) is 0 Å². The lowest BCUT2D eigenvalue weighted by molar-refractivity contribution is 0.0689. The molecule has 10 heteroatoms. The molecule has 0 saturated heterocycles. The van der Waals surface area contributed by atoms with Crippen molar-refractivity contribution in [3.05, 3.63) is 46.9 Å². The number of rotatable bonds is 3. The van der Waals surface area contributed by atoms with Crippen LogP contribution in [0.15, 0.2) is 12.1 Å². The molecule has 0 spiro atoms. The van der Waals surface area contributed by atoms with E-state index in [0.717, 1.165) is 12.1 Å². The maximum atomic E-state index is 13.4. The molecule has 0 aliphatic heterocycles. The number of carboxylic acid groups (broad SMARTS) is 1. The number of aromatic nitrogens is 2. The Kier molecular flexibility index (Phi) is 3.70. The number of benzene rings is 1. The maximum absolute atomic E-state index is 13.4. The molecule has 1 aromatic heterocycles. The molecule has 0 fully saturated rings. The summed E-state index contributed by atoms with van der Waals surface area (Å²) in [6, 6.07) is 1.89.